The molecule has 0 aromatic heterocycles. The molecule has 2 rings (SSSR count). The minimum Gasteiger partial charge on any atom is -0.353 e. The standard InChI is InChI=1S/C18H28N2O/c1-5-15(4)19-18(21)12-20(17-8-9-17)11-16-7-6-13(2)14(3)10-16/h6-7,10,15,17H,5,8-9,11-12H2,1-4H3,(H,19,21). The van der Waals surface area contributed by atoms with Crippen LogP contribution in [-0.4, -0.2) is 29.4 Å². The Balaban J connectivity index is 1.96. The first-order valence-electron chi connectivity index (χ1n) is 8.09. The normalized spacial score (nSPS) is 16.0. The first kappa shape index (κ1) is 16.0. The van der Waals surface area contributed by atoms with Gasteiger partial charge in [0.2, 0.25) is 5.91 Å². The molecule has 1 fully saturated rings. The fourth-order valence-corrected chi connectivity index (χ4v) is 2.50. The van der Waals surface area contributed by atoms with Gasteiger partial charge in [-0.15, -0.1) is 0 Å². The minimum atomic E-state index is 0.153. The zero-order valence-electron chi connectivity index (χ0n) is 13.8. The number of nitrogens with zero attached hydrogens (tertiary/aromatic N) is 1. The summed E-state index contributed by atoms with van der Waals surface area (Å²) in [7, 11) is 0. The van der Waals surface area contributed by atoms with Crippen molar-refractivity contribution >= 4 is 5.91 Å². The van der Waals surface area contributed by atoms with Crippen molar-refractivity contribution in [3.05, 3.63) is 34.9 Å². The van der Waals surface area contributed by atoms with Gasteiger partial charge in [0.25, 0.3) is 0 Å². The highest BCUT2D eigenvalue weighted by Gasteiger charge is 2.30. The predicted molar refractivity (Wildman–Crippen MR) is 87.2 cm³/mol. The van der Waals surface area contributed by atoms with Crippen molar-refractivity contribution in [2.24, 2.45) is 0 Å². The van der Waals surface area contributed by atoms with E-state index >= 15 is 0 Å². The SMILES string of the molecule is CCC(C)NC(=O)CN(Cc1ccc(C)c(C)c1)C1CC1. The van der Waals surface area contributed by atoms with Crippen molar-refractivity contribution in [2.75, 3.05) is 6.54 Å². The van der Waals surface area contributed by atoms with E-state index in [0.717, 1.165) is 13.0 Å². The lowest BCUT2D eigenvalue weighted by Gasteiger charge is -2.23. The van der Waals surface area contributed by atoms with E-state index in [4.69, 9.17) is 0 Å². The van der Waals surface area contributed by atoms with Crippen molar-refractivity contribution in [3.8, 4) is 0 Å². The second-order valence-electron chi connectivity index (χ2n) is 6.43. The maximum atomic E-state index is 12.1. The molecular weight excluding hydrogens is 260 g/mol. The molecule has 0 heterocycles. The fourth-order valence-electron chi connectivity index (χ4n) is 2.50. The van der Waals surface area contributed by atoms with Crippen LogP contribution in [0.3, 0.4) is 0 Å². The van der Waals surface area contributed by atoms with Gasteiger partial charge in [0.05, 0.1) is 6.54 Å². The van der Waals surface area contributed by atoms with Crippen LogP contribution in [0.15, 0.2) is 18.2 Å². The van der Waals surface area contributed by atoms with Crippen molar-refractivity contribution in [2.45, 2.75) is 65.6 Å². The summed E-state index contributed by atoms with van der Waals surface area (Å²) >= 11 is 0. The van der Waals surface area contributed by atoms with Gasteiger partial charge in [0.15, 0.2) is 0 Å². The van der Waals surface area contributed by atoms with E-state index in [1.54, 1.807) is 0 Å². The van der Waals surface area contributed by atoms with Gasteiger partial charge in [0, 0.05) is 18.6 Å². The van der Waals surface area contributed by atoms with E-state index in [2.05, 4.69) is 56.1 Å². The molecule has 1 unspecified atom stereocenters. The minimum absolute atomic E-state index is 0.153. The molecule has 1 amide bonds. The van der Waals surface area contributed by atoms with Crippen LogP contribution < -0.4 is 5.32 Å². The molecule has 1 aromatic rings. The molecule has 3 nitrogen and oxygen atoms in total. The molecule has 1 aliphatic rings. The van der Waals surface area contributed by atoms with Crippen LogP contribution in [0.1, 0.15) is 49.8 Å². The Morgan fingerprint density at radius 1 is 1.33 bits per heavy atom. The molecule has 0 spiro atoms. The lowest BCUT2D eigenvalue weighted by molar-refractivity contribution is -0.123. The summed E-state index contributed by atoms with van der Waals surface area (Å²) in [5, 5.41) is 3.07. The highest BCUT2D eigenvalue weighted by Crippen LogP contribution is 2.28. The summed E-state index contributed by atoms with van der Waals surface area (Å²) in [6, 6.07) is 7.46. The van der Waals surface area contributed by atoms with Crippen molar-refractivity contribution in [1.29, 1.82) is 0 Å². The molecule has 116 valence electrons. The number of carbonyl (C=O) groups is 1. The number of amides is 1. The summed E-state index contributed by atoms with van der Waals surface area (Å²) < 4.78 is 0. The molecule has 1 aromatic carbocycles. The van der Waals surface area contributed by atoms with Gasteiger partial charge in [-0.3, -0.25) is 9.69 Å². The van der Waals surface area contributed by atoms with Crippen molar-refractivity contribution < 1.29 is 4.79 Å². The number of hydrogen-bond acceptors (Lipinski definition) is 2. The molecule has 0 radical (unpaired) electrons. The average molecular weight is 288 g/mol. The average Bonchev–Trinajstić information content (AvgIpc) is 3.26. The quantitative estimate of drug-likeness (QED) is 0.836. The third-order valence-corrected chi connectivity index (χ3v) is 4.39. The number of nitrogens with one attached hydrogen (secondary N) is 1. The predicted octanol–water partition coefficient (Wildman–Crippen LogP) is 3.18. The lowest BCUT2D eigenvalue weighted by Crippen LogP contribution is -2.41. The molecule has 1 N–H and O–H groups in total. The fraction of sp³-hybridized carbons (Fsp3) is 0.611. The Kier molecular flexibility index (Phi) is 5.40. The van der Waals surface area contributed by atoms with Crippen LogP contribution in [0.25, 0.3) is 0 Å². The van der Waals surface area contributed by atoms with Crippen molar-refractivity contribution in [1.82, 2.24) is 10.2 Å². The third-order valence-electron chi connectivity index (χ3n) is 4.39. The van der Waals surface area contributed by atoms with Gasteiger partial charge < -0.3 is 5.32 Å². The van der Waals surface area contributed by atoms with Crippen LogP contribution >= 0.6 is 0 Å². The molecule has 0 aliphatic heterocycles. The van der Waals surface area contributed by atoms with Crippen LogP contribution in [0.4, 0.5) is 0 Å². The smallest absolute Gasteiger partial charge is 0.234 e. The Bertz CT molecular complexity index is 494. The highest BCUT2D eigenvalue weighted by atomic mass is 16.2. The largest absolute Gasteiger partial charge is 0.353 e. The summed E-state index contributed by atoms with van der Waals surface area (Å²) in [5.41, 5.74) is 3.96. The monoisotopic (exact) mass is 288 g/mol. The Morgan fingerprint density at radius 2 is 2.05 bits per heavy atom. The summed E-state index contributed by atoms with van der Waals surface area (Å²) in [4.78, 5) is 14.4. The van der Waals surface area contributed by atoms with Crippen LogP contribution in [0.2, 0.25) is 0 Å². The van der Waals surface area contributed by atoms with Gasteiger partial charge in [0.1, 0.15) is 0 Å². The molecule has 1 aliphatic carbocycles. The first-order valence-corrected chi connectivity index (χ1v) is 8.09. The molecule has 0 bridgehead atoms. The highest BCUT2D eigenvalue weighted by molar-refractivity contribution is 5.78. The van der Waals surface area contributed by atoms with Gasteiger partial charge in [-0.1, -0.05) is 25.1 Å². The van der Waals surface area contributed by atoms with E-state index in [0.29, 0.717) is 12.6 Å². The molecular formula is C18H28N2O. The van der Waals surface area contributed by atoms with E-state index in [1.165, 1.54) is 29.5 Å². The Morgan fingerprint density at radius 3 is 2.62 bits per heavy atom. The van der Waals surface area contributed by atoms with Gasteiger partial charge >= 0.3 is 0 Å². The molecule has 21 heavy (non-hydrogen) atoms. The van der Waals surface area contributed by atoms with Crippen LogP contribution in [-0.2, 0) is 11.3 Å². The van der Waals surface area contributed by atoms with Crippen LogP contribution in [0, 0.1) is 13.8 Å². The maximum Gasteiger partial charge on any atom is 0.234 e. The molecule has 1 atom stereocenters. The zero-order valence-corrected chi connectivity index (χ0v) is 13.8. The summed E-state index contributed by atoms with van der Waals surface area (Å²) in [5.74, 6) is 0.153. The van der Waals surface area contributed by atoms with E-state index in [9.17, 15) is 4.79 Å². The van der Waals surface area contributed by atoms with E-state index in [1.807, 2.05) is 0 Å². The maximum absolute atomic E-state index is 12.1. The zero-order chi connectivity index (χ0) is 15.4. The third kappa shape index (κ3) is 4.85. The van der Waals surface area contributed by atoms with E-state index < -0.39 is 0 Å². The lowest BCUT2D eigenvalue weighted by atomic mass is 10.1. The second-order valence-corrected chi connectivity index (χ2v) is 6.43. The van der Waals surface area contributed by atoms with Gasteiger partial charge in [-0.25, -0.2) is 0 Å². The first-order chi connectivity index (χ1) is 9.99. The molecule has 3 heteroatoms. The second kappa shape index (κ2) is 7.08. The molecule has 0 saturated heterocycles. The Hall–Kier alpha value is -1.35. The number of carbonyl (C=O) groups excluding carboxylic acids is 1. The topological polar surface area (TPSA) is 32.3 Å². The number of hydrogen-bond donors (Lipinski definition) is 1. The molecule has 1 saturated carbocycles. The number of benzene rings is 1. The number of aryl methyl sites for hydroxylation is 2. The summed E-state index contributed by atoms with van der Waals surface area (Å²) in [6.07, 6.45) is 3.43. The van der Waals surface area contributed by atoms with Crippen molar-refractivity contribution in [3.63, 3.8) is 0 Å². The number of rotatable bonds is 7. The van der Waals surface area contributed by atoms with Crippen LogP contribution in [0.5, 0.6) is 0 Å². The Labute approximate surface area is 128 Å². The van der Waals surface area contributed by atoms with E-state index in [-0.39, 0.29) is 11.9 Å². The summed E-state index contributed by atoms with van der Waals surface area (Å²) in [6.45, 7) is 9.83. The van der Waals surface area contributed by atoms with Gasteiger partial charge in [-0.2, -0.15) is 0 Å². The van der Waals surface area contributed by atoms with Gasteiger partial charge in [-0.05, 0) is 56.7 Å².